The van der Waals surface area contributed by atoms with Crippen LogP contribution in [0.4, 0.5) is 0 Å². The van der Waals surface area contributed by atoms with E-state index >= 15 is 0 Å². The summed E-state index contributed by atoms with van der Waals surface area (Å²) >= 11 is 6.12. The first-order chi connectivity index (χ1) is 7.13. The summed E-state index contributed by atoms with van der Waals surface area (Å²) in [6.45, 7) is 7.22. The van der Waals surface area contributed by atoms with Crippen molar-refractivity contribution in [1.29, 1.82) is 0 Å². The lowest BCUT2D eigenvalue weighted by atomic mass is 10.0. The average molecular weight is 227 g/mol. The average Bonchev–Trinajstić information content (AvgIpc) is 2.15. The maximum Gasteiger partial charge on any atom is 0.137 e. The van der Waals surface area contributed by atoms with E-state index in [4.69, 9.17) is 16.3 Å². The molecule has 0 unspecified atom stereocenters. The minimum absolute atomic E-state index is 0.656. The summed E-state index contributed by atoms with van der Waals surface area (Å²) < 4.78 is 5.51. The zero-order chi connectivity index (χ0) is 11.3. The third kappa shape index (κ3) is 4.13. The van der Waals surface area contributed by atoms with Crippen LogP contribution in [-0.2, 0) is 6.42 Å². The van der Waals surface area contributed by atoms with Crippen molar-refractivity contribution >= 4 is 11.6 Å². The standard InChI is InChI=1S/C13H19ClO/c1-4-7-15-13-6-5-11(8-10(2)3)9-12(13)14/h5-6,9-10H,4,7-8H2,1-3H3. The van der Waals surface area contributed by atoms with Crippen LogP contribution in [-0.4, -0.2) is 6.61 Å². The molecule has 0 aromatic heterocycles. The number of rotatable bonds is 5. The minimum Gasteiger partial charge on any atom is -0.492 e. The van der Waals surface area contributed by atoms with E-state index in [1.165, 1.54) is 5.56 Å². The third-order valence-electron chi connectivity index (χ3n) is 2.10. The molecular formula is C13H19ClO. The van der Waals surface area contributed by atoms with Crippen LogP contribution in [0.15, 0.2) is 18.2 Å². The summed E-state index contributed by atoms with van der Waals surface area (Å²) in [6, 6.07) is 6.07. The zero-order valence-corrected chi connectivity index (χ0v) is 10.5. The molecule has 0 heterocycles. The first kappa shape index (κ1) is 12.4. The van der Waals surface area contributed by atoms with Gasteiger partial charge in [-0.15, -0.1) is 0 Å². The summed E-state index contributed by atoms with van der Waals surface area (Å²) in [5.41, 5.74) is 1.28. The molecule has 0 N–H and O–H groups in total. The SMILES string of the molecule is CCCOc1ccc(CC(C)C)cc1Cl. The van der Waals surface area contributed by atoms with Crippen molar-refractivity contribution in [2.45, 2.75) is 33.6 Å². The normalized spacial score (nSPS) is 10.7. The smallest absolute Gasteiger partial charge is 0.137 e. The number of benzene rings is 1. The molecule has 0 atom stereocenters. The predicted molar refractivity (Wildman–Crippen MR) is 65.8 cm³/mol. The molecule has 0 saturated heterocycles. The summed E-state index contributed by atoms with van der Waals surface area (Å²) in [4.78, 5) is 0. The van der Waals surface area contributed by atoms with Gasteiger partial charge in [-0.2, -0.15) is 0 Å². The van der Waals surface area contributed by atoms with Gasteiger partial charge in [0, 0.05) is 0 Å². The first-order valence-corrected chi connectivity index (χ1v) is 5.92. The molecular weight excluding hydrogens is 208 g/mol. The van der Waals surface area contributed by atoms with E-state index in [-0.39, 0.29) is 0 Å². The second-order valence-electron chi connectivity index (χ2n) is 4.21. The topological polar surface area (TPSA) is 9.23 Å². The summed E-state index contributed by atoms with van der Waals surface area (Å²) in [5, 5.41) is 0.724. The summed E-state index contributed by atoms with van der Waals surface area (Å²) in [7, 11) is 0. The van der Waals surface area contributed by atoms with Crippen LogP contribution in [0.25, 0.3) is 0 Å². The van der Waals surface area contributed by atoms with Gasteiger partial charge in [-0.1, -0.05) is 38.4 Å². The molecule has 84 valence electrons. The van der Waals surface area contributed by atoms with Crippen molar-refractivity contribution in [3.8, 4) is 5.75 Å². The van der Waals surface area contributed by atoms with Crippen LogP contribution in [0.1, 0.15) is 32.8 Å². The molecule has 0 saturated carbocycles. The maximum absolute atomic E-state index is 6.12. The molecule has 1 rings (SSSR count). The zero-order valence-electron chi connectivity index (χ0n) is 9.72. The number of hydrogen-bond donors (Lipinski definition) is 0. The van der Waals surface area contributed by atoms with Gasteiger partial charge in [-0.25, -0.2) is 0 Å². The van der Waals surface area contributed by atoms with Gasteiger partial charge < -0.3 is 4.74 Å². The first-order valence-electron chi connectivity index (χ1n) is 5.54. The van der Waals surface area contributed by atoms with Crippen molar-refractivity contribution in [2.75, 3.05) is 6.61 Å². The fourth-order valence-corrected chi connectivity index (χ4v) is 1.73. The minimum atomic E-state index is 0.656. The van der Waals surface area contributed by atoms with Gasteiger partial charge in [0.2, 0.25) is 0 Å². The lowest BCUT2D eigenvalue weighted by Crippen LogP contribution is -1.98. The highest BCUT2D eigenvalue weighted by molar-refractivity contribution is 6.32. The van der Waals surface area contributed by atoms with E-state index in [0.717, 1.165) is 30.2 Å². The van der Waals surface area contributed by atoms with E-state index in [1.54, 1.807) is 0 Å². The van der Waals surface area contributed by atoms with Crippen molar-refractivity contribution in [3.05, 3.63) is 28.8 Å². The maximum atomic E-state index is 6.12. The Morgan fingerprint density at radius 3 is 2.60 bits per heavy atom. The van der Waals surface area contributed by atoms with Crippen molar-refractivity contribution in [1.82, 2.24) is 0 Å². The largest absolute Gasteiger partial charge is 0.492 e. The Bertz CT molecular complexity index is 307. The molecule has 0 aliphatic carbocycles. The molecule has 0 spiro atoms. The van der Waals surface area contributed by atoms with Gasteiger partial charge in [0.05, 0.1) is 11.6 Å². The van der Waals surface area contributed by atoms with E-state index in [9.17, 15) is 0 Å². The van der Waals surface area contributed by atoms with Crippen LogP contribution in [0.3, 0.4) is 0 Å². The number of hydrogen-bond acceptors (Lipinski definition) is 1. The van der Waals surface area contributed by atoms with Gasteiger partial charge >= 0.3 is 0 Å². The monoisotopic (exact) mass is 226 g/mol. The van der Waals surface area contributed by atoms with Crippen LogP contribution in [0.2, 0.25) is 5.02 Å². The molecule has 0 aliphatic rings. The fourth-order valence-electron chi connectivity index (χ4n) is 1.47. The molecule has 0 fully saturated rings. The van der Waals surface area contributed by atoms with Crippen LogP contribution >= 0.6 is 11.6 Å². The lowest BCUT2D eigenvalue weighted by Gasteiger charge is -2.09. The van der Waals surface area contributed by atoms with Crippen LogP contribution in [0, 0.1) is 5.92 Å². The molecule has 0 amide bonds. The van der Waals surface area contributed by atoms with E-state index < -0.39 is 0 Å². The second kappa shape index (κ2) is 6.02. The van der Waals surface area contributed by atoms with E-state index in [1.807, 2.05) is 12.1 Å². The van der Waals surface area contributed by atoms with Gasteiger partial charge in [0.1, 0.15) is 5.75 Å². The van der Waals surface area contributed by atoms with Gasteiger partial charge in [-0.3, -0.25) is 0 Å². The van der Waals surface area contributed by atoms with Crippen LogP contribution in [0.5, 0.6) is 5.75 Å². The number of halogens is 1. The van der Waals surface area contributed by atoms with Gasteiger partial charge in [0.15, 0.2) is 0 Å². The summed E-state index contributed by atoms with van der Waals surface area (Å²) in [6.07, 6.45) is 2.07. The van der Waals surface area contributed by atoms with Crippen LogP contribution < -0.4 is 4.74 Å². The van der Waals surface area contributed by atoms with Crippen molar-refractivity contribution in [2.24, 2.45) is 5.92 Å². The van der Waals surface area contributed by atoms with Gasteiger partial charge in [0.25, 0.3) is 0 Å². The Labute approximate surface area is 97.4 Å². The quantitative estimate of drug-likeness (QED) is 0.726. The predicted octanol–water partition coefficient (Wildman–Crippen LogP) is 4.33. The molecule has 0 bridgehead atoms. The molecule has 1 nitrogen and oxygen atoms in total. The molecule has 0 radical (unpaired) electrons. The van der Waals surface area contributed by atoms with E-state index in [2.05, 4.69) is 26.8 Å². The Morgan fingerprint density at radius 1 is 1.33 bits per heavy atom. The Morgan fingerprint density at radius 2 is 2.07 bits per heavy atom. The molecule has 1 aromatic carbocycles. The molecule has 0 aliphatic heterocycles. The third-order valence-corrected chi connectivity index (χ3v) is 2.40. The highest BCUT2D eigenvalue weighted by atomic mass is 35.5. The fraction of sp³-hybridized carbons (Fsp3) is 0.538. The van der Waals surface area contributed by atoms with E-state index in [0.29, 0.717) is 5.92 Å². The Balaban J connectivity index is 2.69. The lowest BCUT2D eigenvalue weighted by molar-refractivity contribution is 0.317. The molecule has 2 heteroatoms. The molecule has 1 aromatic rings. The summed E-state index contributed by atoms with van der Waals surface area (Å²) in [5.74, 6) is 1.45. The Kier molecular flexibility index (Phi) is 4.97. The van der Waals surface area contributed by atoms with Gasteiger partial charge in [-0.05, 0) is 36.5 Å². The molecule has 15 heavy (non-hydrogen) atoms. The Hall–Kier alpha value is -0.690. The van der Waals surface area contributed by atoms with Crippen molar-refractivity contribution < 1.29 is 4.74 Å². The second-order valence-corrected chi connectivity index (χ2v) is 4.62. The number of ether oxygens (including phenoxy) is 1. The highest BCUT2D eigenvalue weighted by Crippen LogP contribution is 2.26. The van der Waals surface area contributed by atoms with Crippen molar-refractivity contribution in [3.63, 3.8) is 0 Å². The highest BCUT2D eigenvalue weighted by Gasteiger charge is 2.04.